The van der Waals surface area contributed by atoms with Crippen molar-refractivity contribution in [2.45, 2.75) is 12.5 Å². The van der Waals surface area contributed by atoms with Crippen molar-refractivity contribution in [3.63, 3.8) is 0 Å². The van der Waals surface area contributed by atoms with Crippen molar-refractivity contribution in [2.24, 2.45) is 0 Å². The second kappa shape index (κ2) is 5.09. The SMILES string of the molecule is O=C(OC1CCOC1)c1ccc(F)c([N+](=O)[O-])c1. The number of esters is 1. The number of hydrogen-bond acceptors (Lipinski definition) is 5. The van der Waals surface area contributed by atoms with Crippen LogP contribution in [0.25, 0.3) is 0 Å². The third-order valence-corrected chi connectivity index (χ3v) is 2.54. The summed E-state index contributed by atoms with van der Waals surface area (Å²) in [5.74, 6) is -1.70. The lowest BCUT2D eigenvalue weighted by molar-refractivity contribution is -0.387. The number of nitrogens with zero attached hydrogens (tertiary/aromatic N) is 1. The first kappa shape index (κ1) is 12.4. The molecule has 1 heterocycles. The summed E-state index contributed by atoms with van der Waals surface area (Å²) in [7, 11) is 0. The van der Waals surface area contributed by atoms with Crippen LogP contribution in [0.2, 0.25) is 0 Å². The van der Waals surface area contributed by atoms with Crippen molar-refractivity contribution in [2.75, 3.05) is 13.2 Å². The molecule has 0 N–H and O–H groups in total. The summed E-state index contributed by atoms with van der Waals surface area (Å²) in [6.45, 7) is 0.830. The molecule has 1 aromatic carbocycles. The molecule has 0 bridgehead atoms. The minimum atomic E-state index is -0.985. The fourth-order valence-electron chi connectivity index (χ4n) is 1.60. The van der Waals surface area contributed by atoms with Crippen molar-refractivity contribution in [1.82, 2.24) is 0 Å². The van der Waals surface area contributed by atoms with Crippen LogP contribution in [-0.4, -0.2) is 30.2 Å². The number of benzene rings is 1. The molecule has 96 valence electrons. The normalized spacial score (nSPS) is 18.6. The summed E-state index contributed by atoms with van der Waals surface area (Å²) in [4.78, 5) is 21.3. The smallest absolute Gasteiger partial charge is 0.338 e. The zero-order valence-electron chi connectivity index (χ0n) is 9.30. The standard InChI is InChI=1S/C11H10FNO5/c12-9-2-1-7(5-10(9)13(15)16)11(14)18-8-3-4-17-6-8/h1-2,5,8H,3-4,6H2. The number of halogens is 1. The van der Waals surface area contributed by atoms with Gasteiger partial charge in [-0.3, -0.25) is 10.1 Å². The van der Waals surface area contributed by atoms with Crippen LogP contribution in [-0.2, 0) is 9.47 Å². The topological polar surface area (TPSA) is 78.7 Å². The maximum Gasteiger partial charge on any atom is 0.338 e. The Balaban J connectivity index is 2.14. The number of rotatable bonds is 3. The molecule has 18 heavy (non-hydrogen) atoms. The quantitative estimate of drug-likeness (QED) is 0.466. The molecule has 1 atom stereocenters. The van der Waals surface area contributed by atoms with Crippen LogP contribution in [0.4, 0.5) is 10.1 Å². The van der Waals surface area contributed by atoms with Crippen molar-refractivity contribution in [3.05, 3.63) is 39.7 Å². The second-order valence-electron chi connectivity index (χ2n) is 3.81. The molecule has 0 aromatic heterocycles. The van der Waals surface area contributed by atoms with Gasteiger partial charge in [-0.25, -0.2) is 4.79 Å². The van der Waals surface area contributed by atoms with E-state index in [9.17, 15) is 19.3 Å². The lowest BCUT2D eigenvalue weighted by Crippen LogP contribution is -2.18. The molecule has 1 aliphatic heterocycles. The van der Waals surface area contributed by atoms with Crippen LogP contribution >= 0.6 is 0 Å². The Morgan fingerprint density at radius 3 is 2.94 bits per heavy atom. The number of ether oxygens (including phenoxy) is 2. The zero-order chi connectivity index (χ0) is 13.1. The van der Waals surface area contributed by atoms with Crippen LogP contribution in [0, 0.1) is 15.9 Å². The van der Waals surface area contributed by atoms with Crippen LogP contribution < -0.4 is 0 Å². The van der Waals surface area contributed by atoms with Gasteiger partial charge >= 0.3 is 11.7 Å². The molecule has 1 saturated heterocycles. The molecular weight excluding hydrogens is 245 g/mol. The monoisotopic (exact) mass is 255 g/mol. The highest BCUT2D eigenvalue weighted by atomic mass is 19.1. The molecule has 1 aliphatic rings. The van der Waals surface area contributed by atoms with E-state index in [4.69, 9.17) is 9.47 Å². The molecule has 1 unspecified atom stereocenters. The number of carbonyl (C=O) groups excluding carboxylic acids is 1. The molecule has 1 aromatic rings. The second-order valence-corrected chi connectivity index (χ2v) is 3.81. The summed E-state index contributed by atoms with van der Waals surface area (Å²) < 4.78 is 23.2. The molecule has 7 heteroatoms. The van der Waals surface area contributed by atoms with E-state index in [1.807, 2.05) is 0 Å². The average Bonchev–Trinajstić information content (AvgIpc) is 2.81. The molecule has 0 spiro atoms. The van der Waals surface area contributed by atoms with E-state index in [2.05, 4.69) is 0 Å². The summed E-state index contributed by atoms with van der Waals surface area (Å²) in [6, 6.07) is 2.90. The fourth-order valence-corrected chi connectivity index (χ4v) is 1.60. The molecular formula is C11H10FNO5. The highest BCUT2D eigenvalue weighted by Gasteiger charge is 2.23. The van der Waals surface area contributed by atoms with E-state index >= 15 is 0 Å². The van der Waals surface area contributed by atoms with Gasteiger partial charge in [0.15, 0.2) is 0 Å². The first-order valence-electron chi connectivity index (χ1n) is 5.30. The highest BCUT2D eigenvalue weighted by Crippen LogP contribution is 2.20. The van der Waals surface area contributed by atoms with Gasteiger partial charge in [-0.2, -0.15) is 4.39 Å². The third-order valence-electron chi connectivity index (χ3n) is 2.54. The van der Waals surface area contributed by atoms with Gasteiger partial charge in [0.1, 0.15) is 6.10 Å². The predicted molar refractivity (Wildman–Crippen MR) is 57.7 cm³/mol. The first-order valence-corrected chi connectivity index (χ1v) is 5.30. The largest absolute Gasteiger partial charge is 0.456 e. The molecule has 0 saturated carbocycles. The summed E-state index contributed by atoms with van der Waals surface area (Å²) in [5.41, 5.74) is -0.790. The van der Waals surface area contributed by atoms with Crippen LogP contribution in [0.15, 0.2) is 18.2 Å². The lowest BCUT2D eigenvalue weighted by atomic mass is 10.2. The maximum absolute atomic E-state index is 13.1. The van der Waals surface area contributed by atoms with Crippen molar-refractivity contribution in [1.29, 1.82) is 0 Å². The van der Waals surface area contributed by atoms with Gasteiger partial charge in [-0.15, -0.1) is 0 Å². The van der Waals surface area contributed by atoms with E-state index in [1.54, 1.807) is 0 Å². The van der Waals surface area contributed by atoms with E-state index in [1.165, 1.54) is 0 Å². The molecule has 2 rings (SSSR count). The average molecular weight is 255 g/mol. The van der Waals surface area contributed by atoms with E-state index < -0.39 is 22.4 Å². The third kappa shape index (κ3) is 2.62. The number of nitro groups is 1. The summed E-state index contributed by atoms with van der Waals surface area (Å²) in [5, 5.41) is 10.5. The zero-order valence-corrected chi connectivity index (χ0v) is 9.30. The molecule has 1 fully saturated rings. The minimum Gasteiger partial charge on any atom is -0.456 e. The van der Waals surface area contributed by atoms with Gasteiger partial charge in [0.25, 0.3) is 0 Å². The van der Waals surface area contributed by atoms with Crippen LogP contribution in [0.3, 0.4) is 0 Å². The Kier molecular flexibility index (Phi) is 3.52. The molecule has 0 aliphatic carbocycles. The predicted octanol–water partition coefficient (Wildman–Crippen LogP) is 1.68. The van der Waals surface area contributed by atoms with Crippen molar-refractivity contribution < 1.29 is 23.6 Å². The fraction of sp³-hybridized carbons (Fsp3) is 0.364. The minimum absolute atomic E-state index is 0.0463. The highest BCUT2D eigenvalue weighted by molar-refractivity contribution is 5.90. The van der Waals surface area contributed by atoms with Gasteiger partial charge < -0.3 is 9.47 Å². The first-order chi connectivity index (χ1) is 8.58. The van der Waals surface area contributed by atoms with E-state index in [0.29, 0.717) is 19.6 Å². The van der Waals surface area contributed by atoms with Crippen LogP contribution in [0.1, 0.15) is 16.8 Å². The Morgan fingerprint density at radius 2 is 2.33 bits per heavy atom. The number of carbonyl (C=O) groups is 1. The Morgan fingerprint density at radius 1 is 1.56 bits per heavy atom. The van der Waals surface area contributed by atoms with Gasteiger partial charge in [-0.05, 0) is 12.1 Å². The molecule has 0 radical (unpaired) electrons. The Bertz CT molecular complexity index is 484. The Labute approximate surface area is 101 Å². The van der Waals surface area contributed by atoms with E-state index in [0.717, 1.165) is 18.2 Å². The van der Waals surface area contributed by atoms with Gasteiger partial charge in [0.2, 0.25) is 5.82 Å². The van der Waals surface area contributed by atoms with Gasteiger partial charge in [0, 0.05) is 12.5 Å². The van der Waals surface area contributed by atoms with Crippen molar-refractivity contribution in [3.8, 4) is 0 Å². The number of nitro benzene ring substituents is 1. The molecule has 6 nitrogen and oxygen atoms in total. The van der Waals surface area contributed by atoms with Gasteiger partial charge in [0.05, 0.1) is 23.7 Å². The maximum atomic E-state index is 13.1. The lowest BCUT2D eigenvalue weighted by Gasteiger charge is -2.09. The number of hydrogen-bond donors (Lipinski definition) is 0. The van der Waals surface area contributed by atoms with Gasteiger partial charge in [-0.1, -0.05) is 0 Å². The van der Waals surface area contributed by atoms with Crippen LogP contribution in [0.5, 0.6) is 0 Å². The Hall–Kier alpha value is -2.02. The van der Waals surface area contributed by atoms with E-state index in [-0.39, 0.29) is 11.7 Å². The molecule has 0 amide bonds. The summed E-state index contributed by atoms with van der Waals surface area (Å²) >= 11 is 0. The van der Waals surface area contributed by atoms with Crippen molar-refractivity contribution >= 4 is 11.7 Å². The summed E-state index contributed by atoms with van der Waals surface area (Å²) in [6.07, 6.45) is 0.247.